The molecule has 1 N–H and O–H groups in total. The number of benzene rings is 1. The molecule has 0 saturated heterocycles. The summed E-state index contributed by atoms with van der Waals surface area (Å²) in [6.07, 6.45) is 5.61. The first-order valence-electron chi connectivity index (χ1n) is 10.0. The summed E-state index contributed by atoms with van der Waals surface area (Å²) in [6, 6.07) is 11.8. The summed E-state index contributed by atoms with van der Waals surface area (Å²) < 4.78 is 11.0. The number of rotatable bonds is 8. The molecule has 0 fully saturated rings. The van der Waals surface area contributed by atoms with E-state index in [0.29, 0.717) is 17.9 Å². The predicted molar refractivity (Wildman–Crippen MR) is 122 cm³/mol. The van der Waals surface area contributed by atoms with E-state index in [-0.39, 0.29) is 17.4 Å². The van der Waals surface area contributed by atoms with Crippen LogP contribution in [0.5, 0.6) is 0 Å². The second-order valence-corrected chi connectivity index (χ2v) is 9.41. The van der Waals surface area contributed by atoms with Crippen molar-refractivity contribution in [3.8, 4) is 0 Å². The van der Waals surface area contributed by atoms with Gasteiger partial charge in [-0.1, -0.05) is 39.0 Å². The van der Waals surface area contributed by atoms with Gasteiger partial charge in [0.15, 0.2) is 5.76 Å². The summed E-state index contributed by atoms with van der Waals surface area (Å²) in [7, 11) is 0. The van der Waals surface area contributed by atoms with Crippen molar-refractivity contribution in [1.29, 1.82) is 0 Å². The zero-order valence-corrected chi connectivity index (χ0v) is 18.8. The van der Waals surface area contributed by atoms with Gasteiger partial charge in [0.05, 0.1) is 24.3 Å². The number of hydrogen-bond donors (Lipinski definition) is 1. The molecule has 1 aromatic carbocycles. The van der Waals surface area contributed by atoms with Gasteiger partial charge in [-0.25, -0.2) is 0 Å². The average molecular weight is 424 g/mol. The minimum atomic E-state index is -0.245. The van der Waals surface area contributed by atoms with Gasteiger partial charge in [0.25, 0.3) is 5.91 Å². The van der Waals surface area contributed by atoms with Gasteiger partial charge in [-0.15, -0.1) is 18.3 Å². The van der Waals surface area contributed by atoms with Crippen molar-refractivity contribution in [3.05, 3.63) is 89.8 Å². The molecular formula is C25H29NO3S. The van der Waals surface area contributed by atoms with Crippen LogP contribution in [0.1, 0.15) is 66.2 Å². The first kappa shape index (κ1) is 22.0. The van der Waals surface area contributed by atoms with Crippen LogP contribution in [0.25, 0.3) is 0 Å². The highest BCUT2D eigenvalue weighted by molar-refractivity contribution is 7.98. The summed E-state index contributed by atoms with van der Waals surface area (Å²) >= 11 is 1.72. The van der Waals surface area contributed by atoms with Crippen molar-refractivity contribution in [2.75, 3.05) is 0 Å². The van der Waals surface area contributed by atoms with Crippen LogP contribution < -0.4 is 5.32 Å². The molecular weight excluding hydrogens is 394 g/mol. The third kappa shape index (κ3) is 5.48. The van der Waals surface area contributed by atoms with Crippen LogP contribution in [0, 0.1) is 6.92 Å². The Kier molecular flexibility index (Phi) is 6.93. The maximum atomic E-state index is 12.6. The summed E-state index contributed by atoms with van der Waals surface area (Å²) in [5, 5.41) is 2.99. The Labute approximate surface area is 182 Å². The first-order valence-corrected chi connectivity index (χ1v) is 11.0. The number of nitrogens with one attached hydrogen (secondary N) is 1. The molecule has 1 atom stereocenters. The summed E-state index contributed by atoms with van der Waals surface area (Å²) in [6.45, 7) is 12.5. The monoisotopic (exact) mass is 423 g/mol. The number of aryl methyl sites for hydroxylation is 1. The van der Waals surface area contributed by atoms with E-state index in [2.05, 4.69) is 57.8 Å². The molecule has 0 radical (unpaired) electrons. The van der Waals surface area contributed by atoms with Gasteiger partial charge in [0.2, 0.25) is 0 Å². The molecule has 0 aliphatic rings. The molecule has 0 saturated carbocycles. The van der Waals surface area contributed by atoms with Crippen molar-refractivity contribution in [3.63, 3.8) is 0 Å². The smallest absolute Gasteiger partial charge is 0.287 e. The topological polar surface area (TPSA) is 55.4 Å². The van der Waals surface area contributed by atoms with Gasteiger partial charge in [0.1, 0.15) is 5.76 Å². The minimum absolute atomic E-state index is 0.107. The van der Waals surface area contributed by atoms with Gasteiger partial charge >= 0.3 is 0 Å². The van der Waals surface area contributed by atoms with Crippen LogP contribution in [-0.2, 0) is 11.2 Å². The van der Waals surface area contributed by atoms with E-state index in [1.165, 1.54) is 16.0 Å². The molecule has 5 heteroatoms. The van der Waals surface area contributed by atoms with Gasteiger partial charge in [-0.3, -0.25) is 4.79 Å². The standard InChI is InChI=1S/C25H29NO3S/c1-6-7-21(18-12-13-28-15-18)26-24(27)22-11-10-20(29-22)16-30-23-14-19(25(3,4)5)9-8-17(23)2/h6,8-15,21H,1,7,16H2,2-5H3,(H,26,27). The Morgan fingerprint density at radius 1 is 1.23 bits per heavy atom. The molecule has 158 valence electrons. The van der Waals surface area contributed by atoms with Crippen molar-refractivity contribution in [2.24, 2.45) is 0 Å². The third-order valence-corrected chi connectivity index (χ3v) is 6.14. The normalized spacial score (nSPS) is 12.5. The fourth-order valence-corrected chi connectivity index (χ4v) is 4.06. The predicted octanol–water partition coefficient (Wildman–Crippen LogP) is 6.82. The molecule has 3 rings (SSSR count). The number of carbonyl (C=O) groups excluding carboxylic acids is 1. The third-order valence-electron chi connectivity index (χ3n) is 4.96. The fourth-order valence-electron chi connectivity index (χ4n) is 3.10. The molecule has 0 spiro atoms. The highest BCUT2D eigenvalue weighted by Crippen LogP contribution is 2.32. The SMILES string of the molecule is C=CCC(NC(=O)c1ccc(CSc2cc(C(C)(C)C)ccc2C)o1)c1ccoc1. The van der Waals surface area contributed by atoms with E-state index in [1.54, 1.807) is 36.4 Å². The van der Waals surface area contributed by atoms with Gasteiger partial charge in [-0.05, 0) is 54.2 Å². The largest absolute Gasteiger partial charge is 0.472 e. The number of hydrogen-bond acceptors (Lipinski definition) is 4. The van der Waals surface area contributed by atoms with Crippen molar-refractivity contribution in [2.45, 2.75) is 56.2 Å². The van der Waals surface area contributed by atoms with Crippen LogP contribution >= 0.6 is 11.8 Å². The van der Waals surface area contributed by atoms with Crippen molar-refractivity contribution < 1.29 is 13.6 Å². The lowest BCUT2D eigenvalue weighted by atomic mass is 9.87. The molecule has 1 unspecified atom stereocenters. The number of thioether (sulfide) groups is 1. The molecule has 0 aliphatic carbocycles. The molecule has 30 heavy (non-hydrogen) atoms. The van der Waals surface area contributed by atoms with Gasteiger partial charge < -0.3 is 14.2 Å². The quantitative estimate of drug-likeness (QED) is 0.319. The summed E-state index contributed by atoms with van der Waals surface area (Å²) in [4.78, 5) is 13.9. The summed E-state index contributed by atoms with van der Waals surface area (Å²) in [5.74, 6) is 1.50. The Morgan fingerprint density at radius 3 is 2.70 bits per heavy atom. The highest BCUT2D eigenvalue weighted by Gasteiger charge is 2.19. The van der Waals surface area contributed by atoms with E-state index in [4.69, 9.17) is 8.83 Å². The molecule has 0 bridgehead atoms. The lowest BCUT2D eigenvalue weighted by Crippen LogP contribution is -2.27. The molecule has 2 heterocycles. The van der Waals surface area contributed by atoms with E-state index in [0.717, 1.165) is 11.3 Å². The molecule has 0 aliphatic heterocycles. The molecule has 1 amide bonds. The van der Waals surface area contributed by atoms with Gasteiger partial charge in [-0.2, -0.15) is 0 Å². The van der Waals surface area contributed by atoms with E-state index in [1.807, 2.05) is 12.1 Å². The van der Waals surface area contributed by atoms with Crippen LogP contribution in [0.2, 0.25) is 0 Å². The zero-order chi connectivity index (χ0) is 21.7. The van der Waals surface area contributed by atoms with Crippen LogP contribution in [0.4, 0.5) is 0 Å². The first-order chi connectivity index (χ1) is 14.3. The Morgan fingerprint density at radius 2 is 2.03 bits per heavy atom. The lowest BCUT2D eigenvalue weighted by Gasteiger charge is -2.20. The average Bonchev–Trinajstić information content (AvgIpc) is 3.38. The maximum Gasteiger partial charge on any atom is 0.287 e. The Balaban J connectivity index is 1.65. The van der Waals surface area contributed by atoms with E-state index < -0.39 is 0 Å². The Hall–Kier alpha value is -2.66. The van der Waals surface area contributed by atoms with Crippen LogP contribution in [0.15, 0.2) is 75.3 Å². The number of carbonyl (C=O) groups is 1. The molecule has 2 aromatic heterocycles. The van der Waals surface area contributed by atoms with Crippen molar-refractivity contribution >= 4 is 17.7 Å². The number of furan rings is 2. The van der Waals surface area contributed by atoms with Gasteiger partial charge in [0, 0.05) is 10.5 Å². The fraction of sp³-hybridized carbons (Fsp3) is 0.320. The van der Waals surface area contributed by atoms with E-state index >= 15 is 0 Å². The second-order valence-electron chi connectivity index (χ2n) is 8.39. The number of amides is 1. The molecule has 4 nitrogen and oxygen atoms in total. The highest BCUT2D eigenvalue weighted by atomic mass is 32.2. The maximum absolute atomic E-state index is 12.6. The lowest BCUT2D eigenvalue weighted by molar-refractivity contribution is 0.0907. The van der Waals surface area contributed by atoms with Crippen molar-refractivity contribution in [1.82, 2.24) is 5.32 Å². The minimum Gasteiger partial charge on any atom is -0.472 e. The Bertz CT molecular complexity index is 996. The van der Waals surface area contributed by atoms with Crippen LogP contribution in [-0.4, -0.2) is 5.91 Å². The van der Waals surface area contributed by atoms with Crippen LogP contribution in [0.3, 0.4) is 0 Å². The summed E-state index contributed by atoms with van der Waals surface area (Å²) in [5.41, 5.74) is 3.56. The van der Waals surface area contributed by atoms with E-state index in [9.17, 15) is 4.79 Å². The molecule has 3 aromatic rings. The second kappa shape index (κ2) is 9.43. The zero-order valence-electron chi connectivity index (χ0n) is 18.0.